The summed E-state index contributed by atoms with van der Waals surface area (Å²) >= 11 is 0. The number of fused-ring (bicyclic) bond motifs is 1. The van der Waals surface area contributed by atoms with E-state index in [4.69, 9.17) is 4.74 Å². The van der Waals surface area contributed by atoms with Crippen LogP contribution in [0.2, 0.25) is 0 Å². The Bertz CT molecular complexity index is 672. The molecule has 1 fully saturated rings. The van der Waals surface area contributed by atoms with Crippen LogP contribution in [0.25, 0.3) is 11.0 Å². The first-order valence-electron chi connectivity index (χ1n) is 7.94. The van der Waals surface area contributed by atoms with Crippen LogP contribution in [0, 0.1) is 13.8 Å². The summed E-state index contributed by atoms with van der Waals surface area (Å²) in [7, 11) is 0. The number of ether oxygens (including phenoxy) is 1. The number of nitrogens with zero attached hydrogens (tertiary/aromatic N) is 2. The van der Waals surface area contributed by atoms with Crippen LogP contribution in [0.4, 0.5) is 0 Å². The molecule has 0 unspecified atom stereocenters. The zero-order valence-electron chi connectivity index (χ0n) is 13.3. The van der Waals surface area contributed by atoms with Gasteiger partial charge in [-0.3, -0.25) is 4.79 Å². The first-order chi connectivity index (χ1) is 10.6. The molecule has 0 radical (unpaired) electrons. The van der Waals surface area contributed by atoms with E-state index in [0.717, 1.165) is 30.5 Å². The lowest BCUT2D eigenvalue weighted by Gasteiger charge is -2.11. The normalized spacial score (nSPS) is 18.0. The molecule has 3 rings (SSSR count). The molecule has 1 aromatic carbocycles. The van der Waals surface area contributed by atoms with Crippen molar-refractivity contribution in [2.45, 2.75) is 45.8 Å². The van der Waals surface area contributed by atoms with Gasteiger partial charge in [-0.25, -0.2) is 4.98 Å². The Morgan fingerprint density at radius 1 is 1.41 bits per heavy atom. The average Bonchev–Trinajstić information content (AvgIpc) is 3.14. The highest BCUT2D eigenvalue weighted by atomic mass is 16.5. The van der Waals surface area contributed by atoms with Gasteiger partial charge in [-0.2, -0.15) is 0 Å². The number of aromatic nitrogens is 2. The maximum Gasteiger partial charge on any atom is 0.221 e. The Morgan fingerprint density at radius 2 is 2.23 bits per heavy atom. The molecule has 0 bridgehead atoms. The van der Waals surface area contributed by atoms with Crippen molar-refractivity contribution in [1.29, 1.82) is 0 Å². The van der Waals surface area contributed by atoms with E-state index in [1.54, 1.807) is 0 Å². The quantitative estimate of drug-likeness (QED) is 0.922. The fourth-order valence-electron chi connectivity index (χ4n) is 2.83. The minimum atomic E-state index is 0.0705. The zero-order valence-corrected chi connectivity index (χ0v) is 13.3. The smallest absolute Gasteiger partial charge is 0.221 e. The van der Waals surface area contributed by atoms with E-state index in [-0.39, 0.29) is 12.0 Å². The lowest BCUT2D eigenvalue weighted by Crippen LogP contribution is -2.32. The fourth-order valence-corrected chi connectivity index (χ4v) is 2.83. The summed E-state index contributed by atoms with van der Waals surface area (Å²) in [5, 5.41) is 2.96. The minimum absolute atomic E-state index is 0.0705. The number of rotatable bonds is 5. The van der Waals surface area contributed by atoms with Gasteiger partial charge in [0.1, 0.15) is 0 Å². The van der Waals surface area contributed by atoms with Crippen LogP contribution in [-0.4, -0.2) is 34.7 Å². The molecule has 1 atom stereocenters. The first-order valence-corrected chi connectivity index (χ1v) is 7.94. The molecule has 0 aliphatic carbocycles. The first kappa shape index (κ1) is 15.0. The predicted molar refractivity (Wildman–Crippen MR) is 85.8 cm³/mol. The van der Waals surface area contributed by atoms with Crippen molar-refractivity contribution in [2.24, 2.45) is 0 Å². The number of imidazole rings is 1. The lowest BCUT2D eigenvalue weighted by molar-refractivity contribution is -0.121. The van der Waals surface area contributed by atoms with Gasteiger partial charge in [-0.05, 0) is 49.9 Å². The lowest BCUT2D eigenvalue weighted by atomic mass is 10.1. The van der Waals surface area contributed by atoms with Gasteiger partial charge >= 0.3 is 0 Å². The monoisotopic (exact) mass is 301 g/mol. The second kappa shape index (κ2) is 6.48. The molecule has 118 valence electrons. The van der Waals surface area contributed by atoms with Gasteiger partial charge in [0, 0.05) is 26.1 Å². The van der Waals surface area contributed by atoms with Crippen LogP contribution in [-0.2, 0) is 16.1 Å². The summed E-state index contributed by atoms with van der Waals surface area (Å²) in [6.07, 6.45) is 4.62. The average molecular weight is 301 g/mol. The molecule has 1 N–H and O–H groups in total. The van der Waals surface area contributed by atoms with E-state index < -0.39 is 0 Å². The molecule has 1 saturated heterocycles. The molecule has 1 aromatic heterocycles. The zero-order chi connectivity index (χ0) is 15.5. The van der Waals surface area contributed by atoms with E-state index in [1.165, 1.54) is 11.1 Å². The molecule has 1 aliphatic heterocycles. The highest BCUT2D eigenvalue weighted by Gasteiger charge is 2.16. The Balaban J connectivity index is 1.56. The fraction of sp³-hybridized carbons (Fsp3) is 0.529. The summed E-state index contributed by atoms with van der Waals surface area (Å²) in [6, 6.07) is 4.24. The number of carbonyl (C=O) groups is 1. The van der Waals surface area contributed by atoms with Crippen LogP contribution in [0.5, 0.6) is 0 Å². The SMILES string of the molecule is Cc1cc2ncn(CCC(=O)NC[C@H]3CCCO3)c2cc1C. The van der Waals surface area contributed by atoms with Crippen LogP contribution in [0.15, 0.2) is 18.5 Å². The molecular formula is C17H23N3O2. The number of hydrogen-bond acceptors (Lipinski definition) is 3. The molecule has 0 saturated carbocycles. The van der Waals surface area contributed by atoms with Crippen molar-refractivity contribution < 1.29 is 9.53 Å². The van der Waals surface area contributed by atoms with Gasteiger partial charge in [-0.1, -0.05) is 0 Å². The summed E-state index contributed by atoms with van der Waals surface area (Å²) in [5.41, 5.74) is 4.57. The van der Waals surface area contributed by atoms with Gasteiger partial charge in [-0.15, -0.1) is 0 Å². The van der Waals surface area contributed by atoms with E-state index in [2.05, 4.69) is 36.3 Å². The maximum absolute atomic E-state index is 12.0. The number of amides is 1. The molecule has 22 heavy (non-hydrogen) atoms. The van der Waals surface area contributed by atoms with Crippen LogP contribution < -0.4 is 5.32 Å². The van der Waals surface area contributed by atoms with E-state index in [0.29, 0.717) is 19.5 Å². The second-order valence-corrected chi connectivity index (χ2v) is 6.05. The van der Waals surface area contributed by atoms with Crippen molar-refractivity contribution in [3.8, 4) is 0 Å². The van der Waals surface area contributed by atoms with Gasteiger partial charge in [0.05, 0.1) is 23.5 Å². The molecule has 5 heteroatoms. The standard InChI is InChI=1S/C17H23N3O2/c1-12-8-15-16(9-13(12)2)20(11-19-15)6-5-17(21)18-10-14-4-3-7-22-14/h8-9,11,14H,3-7,10H2,1-2H3,(H,18,21)/t14-/m1/s1. The van der Waals surface area contributed by atoms with Crippen molar-refractivity contribution in [3.63, 3.8) is 0 Å². The minimum Gasteiger partial charge on any atom is -0.376 e. The van der Waals surface area contributed by atoms with Crippen LogP contribution >= 0.6 is 0 Å². The van der Waals surface area contributed by atoms with Crippen LogP contribution in [0.1, 0.15) is 30.4 Å². The summed E-state index contributed by atoms with van der Waals surface area (Å²) < 4.78 is 7.55. The third-order valence-electron chi connectivity index (χ3n) is 4.37. The highest BCUT2D eigenvalue weighted by molar-refractivity contribution is 5.78. The van der Waals surface area contributed by atoms with Gasteiger partial charge in [0.25, 0.3) is 0 Å². The molecule has 2 aromatic rings. The van der Waals surface area contributed by atoms with E-state index in [9.17, 15) is 4.79 Å². The largest absolute Gasteiger partial charge is 0.376 e. The van der Waals surface area contributed by atoms with Crippen molar-refractivity contribution >= 4 is 16.9 Å². The summed E-state index contributed by atoms with van der Waals surface area (Å²) in [6.45, 7) is 6.28. The number of aryl methyl sites for hydroxylation is 3. The topological polar surface area (TPSA) is 56.2 Å². The van der Waals surface area contributed by atoms with Crippen molar-refractivity contribution in [2.75, 3.05) is 13.2 Å². The van der Waals surface area contributed by atoms with Crippen molar-refractivity contribution in [3.05, 3.63) is 29.6 Å². The molecule has 2 heterocycles. The van der Waals surface area contributed by atoms with Crippen molar-refractivity contribution in [1.82, 2.24) is 14.9 Å². The van der Waals surface area contributed by atoms with Gasteiger partial charge in [0.15, 0.2) is 0 Å². The predicted octanol–water partition coefficient (Wildman–Crippen LogP) is 2.34. The number of carbonyl (C=O) groups excluding carboxylic acids is 1. The van der Waals surface area contributed by atoms with Gasteiger partial charge in [0.2, 0.25) is 5.91 Å². The molecule has 1 aliphatic rings. The number of benzene rings is 1. The number of hydrogen-bond donors (Lipinski definition) is 1. The Kier molecular flexibility index (Phi) is 4.43. The molecule has 1 amide bonds. The summed E-state index contributed by atoms with van der Waals surface area (Å²) in [5.74, 6) is 0.0705. The summed E-state index contributed by atoms with van der Waals surface area (Å²) in [4.78, 5) is 16.4. The second-order valence-electron chi connectivity index (χ2n) is 6.05. The highest BCUT2D eigenvalue weighted by Crippen LogP contribution is 2.18. The number of nitrogens with one attached hydrogen (secondary N) is 1. The van der Waals surface area contributed by atoms with E-state index >= 15 is 0 Å². The molecule has 0 spiro atoms. The Hall–Kier alpha value is -1.88. The van der Waals surface area contributed by atoms with Crippen LogP contribution in [0.3, 0.4) is 0 Å². The Labute approximate surface area is 130 Å². The molecule has 5 nitrogen and oxygen atoms in total. The molecular weight excluding hydrogens is 278 g/mol. The third-order valence-corrected chi connectivity index (χ3v) is 4.37. The maximum atomic E-state index is 12.0. The van der Waals surface area contributed by atoms with E-state index in [1.807, 2.05) is 10.9 Å². The Morgan fingerprint density at radius 3 is 3.00 bits per heavy atom. The van der Waals surface area contributed by atoms with Gasteiger partial charge < -0.3 is 14.6 Å². The third kappa shape index (κ3) is 3.30.